The minimum Gasteiger partial charge on any atom is -0.466 e. The highest BCUT2D eigenvalue weighted by atomic mass is 16.7. The molecular weight excluding hydrogens is 604 g/mol. The Kier molecular flexibility index (Phi) is 34.4. The summed E-state index contributed by atoms with van der Waals surface area (Å²) in [4.78, 5) is 29.3. The first-order valence-electron chi connectivity index (χ1n) is 20.5. The molecule has 0 saturated heterocycles. The van der Waals surface area contributed by atoms with Crippen LogP contribution in [0.5, 0.6) is 0 Å². The van der Waals surface area contributed by atoms with Gasteiger partial charge in [0.2, 0.25) is 0 Å². The van der Waals surface area contributed by atoms with E-state index in [0.717, 1.165) is 96.8 Å². The quantitative estimate of drug-likeness (QED) is 0.0515. The minimum absolute atomic E-state index is 0.0356. The second kappa shape index (κ2) is 35.4. The fraction of sp³-hybridized carbons (Fsp3) is 0.950. The molecule has 1 N–H and O–H groups in total. The normalized spacial score (nSPS) is 12.3. The number of ether oxygens (including phenoxy) is 3. The van der Waals surface area contributed by atoms with Crippen LogP contribution in [0, 0.1) is 5.92 Å². The molecule has 1 unspecified atom stereocenters. The van der Waals surface area contributed by atoms with E-state index >= 15 is 0 Å². The van der Waals surface area contributed by atoms with E-state index in [1.165, 1.54) is 64.2 Å². The maximum absolute atomic E-state index is 12.5. The average Bonchev–Trinajstić information content (AvgIpc) is 3.08. The van der Waals surface area contributed by atoms with Crippen LogP contribution in [0.2, 0.25) is 0 Å². The molecule has 1 atom stereocenters. The van der Waals surface area contributed by atoms with E-state index in [1.54, 1.807) is 0 Å². The van der Waals surface area contributed by atoms with Crippen LogP contribution in [0.3, 0.4) is 0 Å². The largest absolute Gasteiger partial charge is 0.508 e. The van der Waals surface area contributed by atoms with Crippen molar-refractivity contribution in [3.05, 3.63) is 0 Å². The van der Waals surface area contributed by atoms with Crippen molar-refractivity contribution in [2.75, 3.05) is 59.1 Å². The highest BCUT2D eigenvalue weighted by molar-refractivity contribution is 5.69. The predicted octanol–water partition coefficient (Wildman–Crippen LogP) is 9.95. The van der Waals surface area contributed by atoms with Crippen LogP contribution in [0.4, 0.5) is 4.79 Å². The highest BCUT2D eigenvalue weighted by Gasteiger charge is 2.16. The molecule has 0 bridgehead atoms. The van der Waals surface area contributed by atoms with Crippen molar-refractivity contribution in [2.45, 2.75) is 182 Å². The van der Waals surface area contributed by atoms with E-state index < -0.39 is 6.16 Å². The maximum atomic E-state index is 12.5. The van der Waals surface area contributed by atoms with Crippen LogP contribution in [0.25, 0.3) is 0 Å². The SMILES string of the molecule is CCCCCCC(CCCCCCCCC(=O)OCCC(CCCCC)CCCCC)OC(=O)OCCN(CCO)CCN(CC)CC. The Hall–Kier alpha value is -1.38. The molecule has 0 radical (unpaired) electrons. The third kappa shape index (κ3) is 29.5. The van der Waals surface area contributed by atoms with Crippen LogP contribution < -0.4 is 0 Å². The third-order valence-electron chi connectivity index (χ3n) is 9.69. The van der Waals surface area contributed by atoms with Gasteiger partial charge in [-0.2, -0.15) is 0 Å². The van der Waals surface area contributed by atoms with Gasteiger partial charge < -0.3 is 24.2 Å². The Balaban J connectivity index is 4.28. The molecule has 286 valence electrons. The first-order valence-corrected chi connectivity index (χ1v) is 20.5. The second-order valence-corrected chi connectivity index (χ2v) is 13.8. The number of nitrogens with zero attached hydrogens (tertiary/aromatic N) is 2. The molecule has 8 heteroatoms. The zero-order valence-corrected chi connectivity index (χ0v) is 32.5. The number of aliphatic hydroxyl groups is 1. The van der Waals surface area contributed by atoms with E-state index in [9.17, 15) is 14.7 Å². The Morgan fingerprint density at radius 1 is 0.542 bits per heavy atom. The number of hydrogen-bond donors (Lipinski definition) is 1. The summed E-state index contributed by atoms with van der Waals surface area (Å²) in [5, 5.41) is 9.44. The van der Waals surface area contributed by atoms with E-state index in [4.69, 9.17) is 14.2 Å². The summed E-state index contributed by atoms with van der Waals surface area (Å²) in [5.74, 6) is 0.662. The van der Waals surface area contributed by atoms with Gasteiger partial charge >= 0.3 is 12.1 Å². The Morgan fingerprint density at radius 3 is 1.65 bits per heavy atom. The van der Waals surface area contributed by atoms with Crippen molar-refractivity contribution >= 4 is 12.1 Å². The number of aliphatic hydroxyl groups excluding tert-OH is 1. The van der Waals surface area contributed by atoms with Gasteiger partial charge in [-0.25, -0.2) is 4.79 Å². The molecule has 0 aliphatic rings. The molecule has 0 aromatic heterocycles. The van der Waals surface area contributed by atoms with Gasteiger partial charge in [-0.3, -0.25) is 9.69 Å². The molecule has 48 heavy (non-hydrogen) atoms. The number of esters is 1. The lowest BCUT2D eigenvalue weighted by molar-refractivity contribution is -0.144. The number of rotatable bonds is 36. The standard InChI is InChI=1S/C40H80N2O6/c1-6-11-14-21-26-38(48-40(45)47-36-33-42(32-34-43)31-30-41(9-4)10-5)27-22-17-15-16-18-23-28-39(44)46-35-29-37(24-19-12-7-2)25-20-13-8-3/h37-38,43H,6-36H2,1-5H3. The summed E-state index contributed by atoms with van der Waals surface area (Å²) < 4.78 is 16.9. The predicted molar refractivity (Wildman–Crippen MR) is 201 cm³/mol. The summed E-state index contributed by atoms with van der Waals surface area (Å²) >= 11 is 0. The monoisotopic (exact) mass is 685 g/mol. The van der Waals surface area contributed by atoms with E-state index in [0.29, 0.717) is 32.0 Å². The number of carbonyl (C=O) groups is 2. The van der Waals surface area contributed by atoms with Crippen LogP contribution in [-0.2, 0) is 19.0 Å². The van der Waals surface area contributed by atoms with Gasteiger partial charge in [0.15, 0.2) is 0 Å². The summed E-state index contributed by atoms with van der Waals surface area (Å²) in [6.07, 6.45) is 23.8. The topological polar surface area (TPSA) is 88.5 Å². The first-order chi connectivity index (χ1) is 23.4. The molecule has 0 aromatic rings. The minimum atomic E-state index is -0.571. The molecule has 0 fully saturated rings. The lowest BCUT2D eigenvalue weighted by atomic mass is 9.92. The number of unbranched alkanes of at least 4 members (excludes halogenated alkanes) is 12. The lowest BCUT2D eigenvalue weighted by Gasteiger charge is -2.25. The molecular formula is C40H80N2O6. The fourth-order valence-electron chi connectivity index (χ4n) is 6.35. The van der Waals surface area contributed by atoms with Crippen LogP contribution in [0.15, 0.2) is 0 Å². The summed E-state index contributed by atoms with van der Waals surface area (Å²) in [5.41, 5.74) is 0. The zero-order valence-electron chi connectivity index (χ0n) is 32.5. The molecule has 0 heterocycles. The van der Waals surface area contributed by atoms with Gasteiger partial charge in [-0.1, -0.05) is 131 Å². The smallest absolute Gasteiger partial charge is 0.466 e. The molecule has 0 aliphatic carbocycles. The van der Waals surface area contributed by atoms with Gasteiger partial charge in [0, 0.05) is 32.6 Å². The van der Waals surface area contributed by atoms with Gasteiger partial charge in [-0.05, 0) is 57.5 Å². The Morgan fingerprint density at radius 2 is 1.06 bits per heavy atom. The van der Waals surface area contributed by atoms with Crippen molar-refractivity contribution in [2.24, 2.45) is 5.92 Å². The molecule has 0 aliphatic heterocycles. The van der Waals surface area contributed by atoms with Crippen LogP contribution >= 0.6 is 0 Å². The van der Waals surface area contributed by atoms with E-state index in [1.807, 2.05) is 0 Å². The summed E-state index contributed by atoms with van der Waals surface area (Å²) in [6.45, 7) is 16.9. The average molecular weight is 685 g/mol. The first kappa shape index (κ1) is 46.6. The highest BCUT2D eigenvalue weighted by Crippen LogP contribution is 2.21. The number of hydrogen-bond acceptors (Lipinski definition) is 8. The molecule has 0 aromatic carbocycles. The van der Waals surface area contributed by atoms with Crippen molar-refractivity contribution in [3.8, 4) is 0 Å². The van der Waals surface area contributed by atoms with Crippen molar-refractivity contribution in [3.63, 3.8) is 0 Å². The molecule has 0 amide bonds. The zero-order chi connectivity index (χ0) is 35.5. The summed E-state index contributed by atoms with van der Waals surface area (Å²) in [7, 11) is 0. The van der Waals surface area contributed by atoms with Gasteiger partial charge in [0.1, 0.15) is 12.7 Å². The van der Waals surface area contributed by atoms with Gasteiger partial charge in [0.25, 0.3) is 0 Å². The number of carbonyl (C=O) groups excluding carboxylic acids is 2. The maximum Gasteiger partial charge on any atom is 0.508 e. The lowest BCUT2D eigenvalue weighted by Crippen LogP contribution is -2.38. The van der Waals surface area contributed by atoms with Crippen molar-refractivity contribution in [1.82, 2.24) is 9.80 Å². The molecule has 0 spiro atoms. The van der Waals surface area contributed by atoms with Gasteiger partial charge in [0.05, 0.1) is 13.2 Å². The molecule has 0 rings (SSSR count). The number of likely N-dealkylation sites (N-methyl/N-ethyl adjacent to an activating group) is 1. The second-order valence-electron chi connectivity index (χ2n) is 13.8. The van der Waals surface area contributed by atoms with E-state index in [-0.39, 0.29) is 25.3 Å². The molecule has 0 saturated carbocycles. The third-order valence-corrected chi connectivity index (χ3v) is 9.69. The van der Waals surface area contributed by atoms with Crippen LogP contribution in [0.1, 0.15) is 176 Å². The Bertz CT molecular complexity index is 695. The van der Waals surface area contributed by atoms with Crippen molar-refractivity contribution in [1.29, 1.82) is 0 Å². The van der Waals surface area contributed by atoms with Crippen LogP contribution in [-0.4, -0.2) is 92.2 Å². The van der Waals surface area contributed by atoms with Crippen molar-refractivity contribution < 1.29 is 28.9 Å². The summed E-state index contributed by atoms with van der Waals surface area (Å²) in [6, 6.07) is 0. The molecule has 8 nitrogen and oxygen atoms in total. The van der Waals surface area contributed by atoms with Gasteiger partial charge in [-0.15, -0.1) is 0 Å². The Labute approximate surface area is 297 Å². The fourth-order valence-corrected chi connectivity index (χ4v) is 6.35. The van der Waals surface area contributed by atoms with E-state index in [2.05, 4.69) is 44.4 Å².